The molecule has 3 heterocycles. The van der Waals surface area contributed by atoms with Crippen LogP contribution in [0.5, 0.6) is 5.75 Å². The first kappa shape index (κ1) is 21.4. The van der Waals surface area contributed by atoms with Gasteiger partial charge in [0.1, 0.15) is 29.4 Å². The number of carbonyl (C=O) groups is 1. The maximum Gasteiger partial charge on any atom is 0.185 e. The summed E-state index contributed by atoms with van der Waals surface area (Å²) < 4.78 is 11.3. The molecule has 8 heteroatoms. The Balaban J connectivity index is 1.65. The van der Waals surface area contributed by atoms with E-state index in [1.165, 1.54) is 6.20 Å². The lowest BCUT2D eigenvalue weighted by molar-refractivity contribution is 0.0988. The molecule has 3 N–H and O–H groups in total. The van der Waals surface area contributed by atoms with Gasteiger partial charge in [-0.15, -0.1) is 0 Å². The summed E-state index contributed by atoms with van der Waals surface area (Å²) in [6.45, 7) is 4.08. The minimum absolute atomic E-state index is 0.0771. The van der Waals surface area contributed by atoms with E-state index in [4.69, 9.17) is 25.0 Å². The number of furan rings is 1. The molecule has 3 aromatic rings. The summed E-state index contributed by atoms with van der Waals surface area (Å²) in [5.41, 5.74) is 8.52. The number of Topliss-reactive ketones (excluding diaryl/α,β-unsaturated/α-hetero) is 1. The summed E-state index contributed by atoms with van der Waals surface area (Å²) in [5, 5.41) is 10.4. The summed E-state index contributed by atoms with van der Waals surface area (Å²) in [5.74, 6) is 2.11. The van der Waals surface area contributed by atoms with Crippen molar-refractivity contribution >= 4 is 33.7 Å². The van der Waals surface area contributed by atoms with Gasteiger partial charge in [-0.25, -0.2) is 4.98 Å². The van der Waals surface area contributed by atoms with Crippen molar-refractivity contribution in [2.75, 3.05) is 19.0 Å². The molecule has 0 aliphatic carbocycles. The summed E-state index contributed by atoms with van der Waals surface area (Å²) in [6.07, 6.45) is 2.54. The van der Waals surface area contributed by atoms with Crippen LogP contribution < -0.4 is 10.5 Å². The molecule has 0 amide bonds. The Labute approximate surface area is 184 Å². The summed E-state index contributed by atoms with van der Waals surface area (Å²) in [6, 6.07) is 9.30. The second kappa shape index (κ2) is 8.72. The van der Waals surface area contributed by atoms with Crippen LogP contribution in [0, 0.1) is 6.92 Å². The van der Waals surface area contributed by atoms with Crippen LogP contribution in [0.1, 0.15) is 40.7 Å². The molecule has 0 saturated heterocycles. The third-order valence-corrected chi connectivity index (χ3v) is 6.12. The molecule has 0 bridgehead atoms. The van der Waals surface area contributed by atoms with Gasteiger partial charge in [-0.1, -0.05) is 11.8 Å². The maximum atomic E-state index is 12.9. The average Bonchev–Trinajstić information content (AvgIpc) is 3.11. The number of aliphatic hydroxyl groups is 1. The SMILES string of the molecule is Cc1cc2cc(CC(=O)c3ccc(OCCO)cn3)cc([C@]3(C)CCSC(N)=N3)c2o1. The highest BCUT2D eigenvalue weighted by Gasteiger charge is 2.33. The van der Waals surface area contributed by atoms with Crippen LogP contribution >= 0.6 is 11.8 Å². The van der Waals surface area contributed by atoms with Gasteiger partial charge in [-0.2, -0.15) is 0 Å². The summed E-state index contributed by atoms with van der Waals surface area (Å²) in [4.78, 5) is 21.8. The number of benzene rings is 1. The van der Waals surface area contributed by atoms with Gasteiger partial charge in [0.15, 0.2) is 11.0 Å². The largest absolute Gasteiger partial charge is 0.490 e. The number of rotatable bonds is 7. The third-order valence-electron chi connectivity index (χ3n) is 5.32. The Morgan fingerprint density at radius 3 is 2.90 bits per heavy atom. The van der Waals surface area contributed by atoms with E-state index in [0.29, 0.717) is 16.6 Å². The summed E-state index contributed by atoms with van der Waals surface area (Å²) >= 11 is 1.55. The van der Waals surface area contributed by atoms with Crippen LogP contribution in [0.3, 0.4) is 0 Å². The molecule has 1 aliphatic rings. The number of pyridine rings is 1. The van der Waals surface area contributed by atoms with Crippen molar-refractivity contribution in [2.24, 2.45) is 10.7 Å². The summed E-state index contributed by atoms with van der Waals surface area (Å²) in [7, 11) is 0. The second-order valence-electron chi connectivity index (χ2n) is 7.79. The second-order valence-corrected chi connectivity index (χ2v) is 8.91. The topological polar surface area (TPSA) is 111 Å². The number of nitrogens with zero attached hydrogens (tertiary/aromatic N) is 2. The number of hydrogen-bond donors (Lipinski definition) is 2. The van der Waals surface area contributed by atoms with Crippen LogP contribution in [-0.4, -0.2) is 40.0 Å². The number of aryl methyl sites for hydroxylation is 1. The number of ketones is 1. The van der Waals surface area contributed by atoms with Gasteiger partial charge in [0.25, 0.3) is 0 Å². The number of carbonyl (C=O) groups excluding carboxylic acids is 1. The quantitative estimate of drug-likeness (QED) is 0.541. The number of amidine groups is 1. The van der Waals surface area contributed by atoms with Crippen LogP contribution in [0.4, 0.5) is 0 Å². The number of aliphatic hydroxyl groups excluding tert-OH is 1. The Bertz CT molecular complexity index is 1140. The molecule has 2 aromatic heterocycles. The first-order valence-electron chi connectivity index (χ1n) is 10.1. The predicted octanol–water partition coefficient (Wildman–Crippen LogP) is 3.60. The van der Waals surface area contributed by atoms with Crippen molar-refractivity contribution in [2.45, 2.75) is 32.2 Å². The normalized spacial score (nSPS) is 18.7. The van der Waals surface area contributed by atoms with Crippen molar-refractivity contribution in [1.29, 1.82) is 0 Å². The molecule has 4 rings (SSSR count). The molecule has 0 fully saturated rings. The van der Waals surface area contributed by atoms with Gasteiger partial charge >= 0.3 is 0 Å². The zero-order valence-electron chi connectivity index (χ0n) is 17.6. The number of aromatic nitrogens is 1. The van der Waals surface area contributed by atoms with E-state index in [0.717, 1.165) is 40.0 Å². The Kier molecular flexibility index (Phi) is 6.02. The highest BCUT2D eigenvalue weighted by Crippen LogP contribution is 2.40. The van der Waals surface area contributed by atoms with E-state index in [9.17, 15) is 4.79 Å². The van der Waals surface area contributed by atoms with Crippen LogP contribution in [0.15, 0.2) is 45.9 Å². The van der Waals surface area contributed by atoms with Crippen molar-refractivity contribution < 1.29 is 19.1 Å². The molecule has 0 spiro atoms. The van der Waals surface area contributed by atoms with Gasteiger partial charge in [-0.05, 0) is 56.2 Å². The lowest BCUT2D eigenvalue weighted by Crippen LogP contribution is -2.29. The molecule has 0 unspecified atom stereocenters. The Hall–Kier alpha value is -2.84. The fourth-order valence-electron chi connectivity index (χ4n) is 3.80. The number of fused-ring (bicyclic) bond motifs is 1. The molecule has 0 saturated carbocycles. The number of hydrogen-bond acceptors (Lipinski definition) is 8. The van der Waals surface area contributed by atoms with E-state index in [1.54, 1.807) is 23.9 Å². The lowest BCUT2D eigenvalue weighted by Gasteiger charge is -2.30. The van der Waals surface area contributed by atoms with Crippen LogP contribution in [0.2, 0.25) is 0 Å². The Morgan fingerprint density at radius 2 is 2.19 bits per heavy atom. The molecule has 7 nitrogen and oxygen atoms in total. The molecular formula is C23H25N3O4S. The lowest BCUT2D eigenvalue weighted by atomic mass is 9.86. The molecule has 1 aromatic carbocycles. The minimum atomic E-state index is -0.499. The minimum Gasteiger partial charge on any atom is -0.490 e. The van der Waals surface area contributed by atoms with Crippen molar-refractivity contribution in [3.8, 4) is 5.75 Å². The monoisotopic (exact) mass is 439 g/mol. The standard InChI is InChI=1S/C23H25N3O4S/c1-14-9-16-10-15(12-20(28)19-4-3-17(13-25-19)29-7-6-27)11-18(21(16)30-14)23(2)5-8-31-22(24)26-23/h3-4,9-11,13,27H,5-8,12H2,1-2H3,(H2,24,26)/t23-/m0/s1. The molecule has 162 valence electrons. The maximum absolute atomic E-state index is 12.9. The third kappa shape index (κ3) is 4.60. The number of ether oxygens (including phenoxy) is 1. The molecular weight excluding hydrogens is 414 g/mol. The van der Waals surface area contributed by atoms with Gasteiger partial charge in [0.05, 0.1) is 18.3 Å². The highest BCUT2D eigenvalue weighted by atomic mass is 32.2. The molecule has 1 aliphatic heterocycles. The van der Waals surface area contributed by atoms with Crippen molar-refractivity contribution in [3.63, 3.8) is 0 Å². The van der Waals surface area contributed by atoms with E-state index in [1.807, 2.05) is 25.1 Å². The molecule has 0 radical (unpaired) electrons. The van der Waals surface area contributed by atoms with Crippen molar-refractivity contribution in [1.82, 2.24) is 4.98 Å². The smallest absolute Gasteiger partial charge is 0.185 e. The van der Waals surface area contributed by atoms with E-state index in [2.05, 4.69) is 11.9 Å². The number of nitrogens with two attached hydrogens (primary N) is 1. The van der Waals surface area contributed by atoms with E-state index >= 15 is 0 Å². The van der Waals surface area contributed by atoms with Gasteiger partial charge < -0.3 is 20.0 Å². The molecule has 1 atom stereocenters. The number of aliphatic imine (C=N–C) groups is 1. The van der Waals surface area contributed by atoms with Crippen molar-refractivity contribution in [3.05, 3.63) is 59.1 Å². The zero-order valence-corrected chi connectivity index (χ0v) is 18.4. The van der Waals surface area contributed by atoms with Gasteiger partial charge in [-0.3, -0.25) is 9.79 Å². The van der Waals surface area contributed by atoms with E-state index in [-0.39, 0.29) is 25.4 Å². The molecule has 31 heavy (non-hydrogen) atoms. The van der Waals surface area contributed by atoms with Crippen LogP contribution in [-0.2, 0) is 12.0 Å². The van der Waals surface area contributed by atoms with Crippen LogP contribution in [0.25, 0.3) is 11.0 Å². The first-order chi connectivity index (χ1) is 14.9. The highest BCUT2D eigenvalue weighted by molar-refractivity contribution is 8.13. The zero-order chi connectivity index (χ0) is 22.0. The first-order valence-corrected chi connectivity index (χ1v) is 11.1. The average molecular weight is 440 g/mol. The predicted molar refractivity (Wildman–Crippen MR) is 122 cm³/mol. The van der Waals surface area contributed by atoms with E-state index < -0.39 is 5.54 Å². The van der Waals surface area contributed by atoms with Gasteiger partial charge in [0.2, 0.25) is 0 Å². The van der Waals surface area contributed by atoms with Gasteiger partial charge in [0, 0.05) is 23.1 Å². The Morgan fingerprint density at radius 1 is 1.35 bits per heavy atom. The number of thioether (sulfide) groups is 1. The fourth-order valence-corrected chi connectivity index (χ4v) is 4.77. The fraction of sp³-hybridized carbons (Fsp3) is 0.348.